The molecule has 0 aromatic rings. The SMILES string of the molecule is CC=C(C)C(=O)NC1CCC2(O)CC3=CCC4(C)C(C(C)N(C)C)CCC4(C)C3CCC2C1(C)C. The molecule has 4 nitrogen and oxygen atoms in total. The molecular weight excluding hydrogens is 432 g/mol. The Morgan fingerprint density at radius 3 is 2.43 bits per heavy atom. The molecule has 0 bridgehead atoms. The van der Waals surface area contributed by atoms with Gasteiger partial charge >= 0.3 is 0 Å². The number of allylic oxidation sites excluding steroid dienone is 2. The highest BCUT2D eigenvalue weighted by molar-refractivity contribution is 5.92. The molecule has 8 unspecified atom stereocenters. The molecule has 3 fully saturated rings. The van der Waals surface area contributed by atoms with Gasteiger partial charge in [0.1, 0.15) is 0 Å². The molecule has 0 radical (unpaired) electrons. The van der Waals surface area contributed by atoms with Crippen LogP contribution < -0.4 is 5.32 Å². The molecule has 2 N–H and O–H groups in total. The van der Waals surface area contributed by atoms with Gasteiger partial charge in [0.2, 0.25) is 5.91 Å². The number of rotatable bonds is 4. The van der Waals surface area contributed by atoms with E-state index in [-0.39, 0.29) is 28.7 Å². The minimum absolute atomic E-state index is 0.0382. The number of hydrogen-bond donors (Lipinski definition) is 2. The first-order valence-electron chi connectivity index (χ1n) is 14.2. The summed E-state index contributed by atoms with van der Waals surface area (Å²) in [5.74, 6) is 1.50. The van der Waals surface area contributed by atoms with E-state index in [2.05, 4.69) is 65.0 Å². The summed E-state index contributed by atoms with van der Waals surface area (Å²) in [5.41, 5.74) is 2.09. The highest BCUT2D eigenvalue weighted by atomic mass is 16.3. The lowest BCUT2D eigenvalue weighted by Crippen LogP contribution is -2.59. The van der Waals surface area contributed by atoms with Gasteiger partial charge in [-0.3, -0.25) is 4.79 Å². The number of hydrogen-bond acceptors (Lipinski definition) is 3. The van der Waals surface area contributed by atoms with Crippen molar-refractivity contribution in [3.8, 4) is 0 Å². The molecule has 198 valence electrons. The fourth-order valence-electron chi connectivity index (χ4n) is 9.24. The third-order valence-corrected chi connectivity index (χ3v) is 12.2. The van der Waals surface area contributed by atoms with Gasteiger partial charge in [0.15, 0.2) is 0 Å². The summed E-state index contributed by atoms with van der Waals surface area (Å²) in [4.78, 5) is 15.1. The second-order valence-corrected chi connectivity index (χ2v) is 14.0. The van der Waals surface area contributed by atoms with E-state index in [0.717, 1.165) is 44.1 Å². The van der Waals surface area contributed by atoms with Crippen LogP contribution in [0.3, 0.4) is 0 Å². The average molecular weight is 485 g/mol. The Hall–Kier alpha value is -1.13. The van der Waals surface area contributed by atoms with E-state index in [0.29, 0.717) is 23.3 Å². The third-order valence-electron chi connectivity index (χ3n) is 12.2. The first kappa shape index (κ1) is 26.9. The standard InChI is InChI=1S/C31H52N2O2/c1-10-20(2)27(34)32-26-15-18-31(35)19-22-13-16-29(6)23(21(3)33(8)9)14-17-30(29,7)24(22)11-12-25(31)28(26,4)5/h10,13,21,23-26,35H,11-12,14-19H2,1-9H3,(H,32,34). The van der Waals surface area contributed by atoms with Crippen LogP contribution in [0.25, 0.3) is 0 Å². The molecule has 0 aromatic carbocycles. The smallest absolute Gasteiger partial charge is 0.246 e. The van der Waals surface area contributed by atoms with Gasteiger partial charge in [-0.15, -0.1) is 0 Å². The second-order valence-electron chi connectivity index (χ2n) is 14.0. The maximum atomic E-state index is 12.7. The Bertz CT molecular complexity index is 904. The molecular formula is C31H52N2O2. The van der Waals surface area contributed by atoms with Crippen molar-refractivity contribution in [1.29, 1.82) is 0 Å². The van der Waals surface area contributed by atoms with Crippen LogP contribution in [0.2, 0.25) is 0 Å². The Morgan fingerprint density at radius 1 is 1.11 bits per heavy atom. The Labute approximate surface area is 215 Å². The van der Waals surface area contributed by atoms with Gasteiger partial charge in [-0.25, -0.2) is 0 Å². The Kier molecular flexibility index (Phi) is 6.93. The lowest BCUT2D eigenvalue weighted by Gasteiger charge is -2.54. The molecule has 0 saturated heterocycles. The lowest BCUT2D eigenvalue weighted by molar-refractivity contribution is -0.130. The van der Waals surface area contributed by atoms with Crippen molar-refractivity contribution in [2.75, 3.05) is 14.1 Å². The van der Waals surface area contributed by atoms with Crippen molar-refractivity contribution in [1.82, 2.24) is 10.2 Å². The predicted octanol–water partition coefficient (Wildman–Crippen LogP) is 6.11. The number of nitrogens with zero attached hydrogens (tertiary/aromatic N) is 1. The summed E-state index contributed by atoms with van der Waals surface area (Å²) < 4.78 is 0. The van der Waals surface area contributed by atoms with Crippen LogP contribution in [0, 0.1) is 34.0 Å². The van der Waals surface area contributed by atoms with Crippen molar-refractivity contribution < 1.29 is 9.90 Å². The predicted molar refractivity (Wildman–Crippen MR) is 145 cm³/mol. The molecule has 0 heterocycles. The summed E-state index contributed by atoms with van der Waals surface area (Å²) in [6.07, 6.45) is 12.8. The molecule has 3 saturated carbocycles. The van der Waals surface area contributed by atoms with E-state index < -0.39 is 5.60 Å². The maximum Gasteiger partial charge on any atom is 0.246 e. The molecule has 0 spiro atoms. The van der Waals surface area contributed by atoms with Gasteiger partial charge in [-0.2, -0.15) is 0 Å². The Morgan fingerprint density at radius 2 is 1.80 bits per heavy atom. The first-order valence-corrected chi connectivity index (χ1v) is 14.2. The summed E-state index contributed by atoms with van der Waals surface area (Å²) in [5, 5.41) is 15.5. The monoisotopic (exact) mass is 484 g/mol. The second kappa shape index (κ2) is 9.01. The molecule has 1 amide bonds. The molecule has 4 aliphatic carbocycles. The number of aliphatic hydroxyl groups is 1. The van der Waals surface area contributed by atoms with E-state index in [9.17, 15) is 9.90 Å². The zero-order valence-electron chi connectivity index (χ0n) is 24.0. The van der Waals surface area contributed by atoms with Crippen molar-refractivity contribution >= 4 is 5.91 Å². The highest BCUT2D eigenvalue weighted by Crippen LogP contribution is 2.69. The van der Waals surface area contributed by atoms with E-state index >= 15 is 0 Å². The van der Waals surface area contributed by atoms with Gasteiger partial charge in [0, 0.05) is 17.7 Å². The average Bonchev–Trinajstić information content (AvgIpc) is 2.95. The number of nitrogens with one attached hydrogen (secondary N) is 1. The zero-order valence-corrected chi connectivity index (χ0v) is 24.0. The molecule has 4 rings (SSSR count). The van der Waals surface area contributed by atoms with Crippen LogP contribution in [0.5, 0.6) is 0 Å². The molecule has 35 heavy (non-hydrogen) atoms. The largest absolute Gasteiger partial charge is 0.389 e. The van der Waals surface area contributed by atoms with E-state index in [4.69, 9.17) is 0 Å². The first-order chi connectivity index (χ1) is 16.2. The number of carbonyl (C=O) groups excluding carboxylic acids is 1. The van der Waals surface area contributed by atoms with Crippen molar-refractivity contribution in [2.45, 2.75) is 118 Å². The van der Waals surface area contributed by atoms with Gasteiger partial charge in [0.25, 0.3) is 0 Å². The van der Waals surface area contributed by atoms with Crippen LogP contribution in [0.1, 0.15) is 99.8 Å². The number of amides is 1. The van der Waals surface area contributed by atoms with E-state index in [1.165, 1.54) is 18.4 Å². The van der Waals surface area contributed by atoms with Gasteiger partial charge in [-0.1, -0.05) is 45.4 Å². The van der Waals surface area contributed by atoms with Crippen LogP contribution in [0.15, 0.2) is 23.3 Å². The highest BCUT2D eigenvalue weighted by Gasteiger charge is 2.63. The minimum atomic E-state index is -0.667. The molecule has 0 aliphatic heterocycles. The lowest BCUT2D eigenvalue weighted by atomic mass is 9.51. The summed E-state index contributed by atoms with van der Waals surface area (Å²) >= 11 is 0. The topological polar surface area (TPSA) is 52.6 Å². The van der Waals surface area contributed by atoms with Gasteiger partial charge in [-0.05, 0) is 120 Å². The zero-order chi connectivity index (χ0) is 26.0. The summed E-state index contributed by atoms with van der Waals surface area (Å²) in [6, 6.07) is 0.681. The minimum Gasteiger partial charge on any atom is -0.389 e. The van der Waals surface area contributed by atoms with Crippen LogP contribution in [0.4, 0.5) is 0 Å². The maximum absolute atomic E-state index is 12.7. The van der Waals surface area contributed by atoms with Crippen molar-refractivity contribution in [3.63, 3.8) is 0 Å². The van der Waals surface area contributed by atoms with Crippen LogP contribution in [-0.4, -0.2) is 47.7 Å². The fourth-order valence-corrected chi connectivity index (χ4v) is 9.24. The van der Waals surface area contributed by atoms with Crippen molar-refractivity contribution in [2.24, 2.45) is 34.0 Å². The van der Waals surface area contributed by atoms with Crippen LogP contribution >= 0.6 is 0 Å². The number of carbonyl (C=O) groups is 1. The summed E-state index contributed by atoms with van der Waals surface area (Å²) in [6.45, 7) is 16.0. The van der Waals surface area contributed by atoms with Crippen LogP contribution in [-0.2, 0) is 4.79 Å². The van der Waals surface area contributed by atoms with Crippen molar-refractivity contribution in [3.05, 3.63) is 23.3 Å². The molecule has 0 aromatic heterocycles. The number of fused-ring (bicyclic) bond motifs is 4. The van der Waals surface area contributed by atoms with E-state index in [1.54, 1.807) is 0 Å². The molecule has 4 heteroatoms. The van der Waals surface area contributed by atoms with Gasteiger partial charge < -0.3 is 15.3 Å². The molecule has 8 atom stereocenters. The Balaban J connectivity index is 1.62. The quantitative estimate of drug-likeness (QED) is 0.374. The third kappa shape index (κ3) is 4.06. The van der Waals surface area contributed by atoms with Gasteiger partial charge in [0.05, 0.1) is 5.60 Å². The molecule has 4 aliphatic rings. The normalized spacial score (nSPS) is 44.0. The fraction of sp³-hybridized carbons (Fsp3) is 0.839. The summed E-state index contributed by atoms with van der Waals surface area (Å²) in [7, 11) is 4.46. The van der Waals surface area contributed by atoms with E-state index in [1.807, 2.05) is 19.9 Å².